The van der Waals surface area contributed by atoms with Crippen molar-refractivity contribution in [2.75, 3.05) is 0 Å². The van der Waals surface area contributed by atoms with Crippen molar-refractivity contribution in [1.82, 2.24) is 0 Å². The summed E-state index contributed by atoms with van der Waals surface area (Å²) in [5.41, 5.74) is 2.32. The molecule has 1 aromatic carbocycles. The van der Waals surface area contributed by atoms with Gasteiger partial charge in [-0.15, -0.1) is 0 Å². The fourth-order valence-electron chi connectivity index (χ4n) is 1.30. The first-order valence-electron chi connectivity index (χ1n) is 4.46. The van der Waals surface area contributed by atoms with E-state index in [1.807, 2.05) is 24.3 Å². The molecule has 1 aromatic rings. The van der Waals surface area contributed by atoms with Crippen molar-refractivity contribution in [2.24, 2.45) is 0 Å². The molecule has 0 heterocycles. The quantitative estimate of drug-likeness (QED) is 0.610. The van der Waals surface area contributed by atoms with E-state index in [1.54, 1.807) is 0 Å². The lowest BCUT2D eigenvalue weighted by Gasteiger charge is -2.25. The molecule has 0 saturated carbocycles. The first-order valence-corrected chi connectivity index (χ1v) is 4.46. The van der Waals surface area contributed by atoms with Gasteiger partial charge in [-0.25, -0.2) is 0 Å². The maximum Gasteiger partial charge on any atom is 0.0140 e. The Bertz CT molecular complexity index is 304. The SMILES string of the molecule is C=CC(=C)C(C)(C)c1ccccc1. The standard InChI is InChI=1S/C13H16/c1-5-11(2)13(3,4)12-9-7-6-8-10-12/h5-10H,1-2H2,3-4H3. The summed E-state index contributed by atoms with van der Waals surface area (Å²) < 4.78 is 0. The predicted octanol–water partition coefficient (Wildman–Crippen LogP) is 3.71. The van der Waals surface area contributed by atoms with Gasteiger partial charge in [-0.3, -0.25) is 0 Å². The van der Waals surface area contributed by atoms with Gasteiger partial charge in [-0.1, -0.05) is 63.4 Å². The van der Waals surface area contributed by atoms with E-state index in [4.69, 9.17) is 0 Å². The van der Waals surface area contributed by atoms with Crippen LogP contribution in [-0.2, 0) is 5.41 Å². The monoisotopic (exact) mass is 172 g/mol. The molecule has 0 spiro atoms. The minimum Gasteiger partial charge on any atom is -0.0988 e. The molecule has 0 aliphatic carbocycles. The van der Waals surface area contributed by atoms with Crippen LogP contribution in [0.2, 0.25) is 0 Å². The summed E-state index contributed by atoms with van der Waals surface area (Å²) in [6, 6.07) is 10.4. The molecule has 0 aliphatic heterocycles. The van der Waals surface area contributed by atoms with Crippen LogP contribution in [0, 0.1) is 0 Å². The zero-order chi connectivity index (χ0) is 9.90. The van der Waals surface area contributed by atoms with E-state index in [2.05, 4.69) is 39.1 Å². The topological polar surface area (TPSA) is 0 Å². The number of hydrogen-bond donors (Lipinski definition) is 0. The van der Waals surface area contributed by atoms with Gasteiger partial charge in [0.25, 0.3) is 0 Å². The lowest BCUT2D eigenvalue weighted by atomic mass is 9.78. The average molecular weight is 172 g/mol. The van der Waals surface area contributed by atoms with Gasteiger partial charge in [0, 0.05) is 5.41 Å². The molecule has 0 atom stereocenters. The van der Waals surface area contributed by atoms with E-state index in [-0.39, 0.29) is 5.41 Å². The van der Waals surface area contributed by atoms with Gasteiger partial charge in [0.1, 0.15) is 0 Å². The Morgan fingerprint density at radius 2 is 1.77 bits per heavy atom. The zero-order valence-corrected chi connectivity index (χ0v) is 8.38. The summed E-state index contributed by atoms with van der Waals surface area (Å²) in [4.78, 5) is 0. The lowest BCUT2D eigenvalue weighted by Crippen LogP contribution is -2.18. The second kappa shape index (κ2) is 3.61. The van der Waals surface area contributed by atoms with Gasteiger partial charge in [0.15, 0.2) is 0 Å². The van der Waals surface area contributed by atoms with Crippen molar-refractivity contribution in [3.05, 3.63) is 60.7 Å². The molecule has 0 aliphatic rings. The molecule has 13 heavy (non-hydrogen) atoms. The second-order valence-corrected chi connectivity index (χ2v) is 3.72. The minimum absolute atomic E-state index is 0.0109. The third kappa shape index (κ3) is 1.89. The fraction of sp³-hybridized carbons (Fsp3) is 0.231. The maximum atomic E-state index is 4.00. The summed E-state index contributed by atoms with van der Waals surface area (Å²) in [5, 5.41) is 0. The number of allylic oxidation sites excluding steroid dienone is 2. The van der Waals surface area contributed by atoms with Crippen LogP contribution in [0.4, 0.5) is 0 Å². The van der Waals surface area contributed by atoms with Crippen molar-refractivity contribution in [2.45, 2.75) is 19.3 Å². The number of benzene rings is 1. The molecule has 0 amide bonds. The Morgan fingerprint density at radius 1 is 1.23 bits per heavy atom. The van der Waals surface area contributed by atoms with Gasteiger partial charge in [-0.05, 0) is 11.1 Å². The van der Waals surface area contributed by atoms with E-state index in [0.717, 1.165) is 5.57 Å². The van der Waals surface area contributed by atoms with Crippen molar-refractivity contribution in [3.8, 4) is 0 Å². The van der Waals surface area contributed by atoms with Crippen molar-refractivity contribution in [3.63, 3.8) is 0 Å². The third-order valence-corrected chi connectivity index (χ3v) is 2.54. The minimum atomic E-state index is -0.0109. The summed E-state index contributed by atoms with van der Waals surface area (Å²) in [6.07, 6.45) is 1.83. The van der Waals surface area contributed by atoms with Crippen molar-refractivity contribution >= 4 is 0 Å². The third-order valence-electron chi connectivity index (χ3n) is 2.54. The molecule has 0 aromatic heterocycles. The molecule has 0 heteroatoms. The first kappa shape index (κ1) is 9.79. The molecule has 0 N–H and O–H groups in total. The van der Waals surface area contributed by atoms with Crippen LogP contribution in [-0.4, -0.2) is 0 Å². The van der Waals surface area contributed by atoms with E-state index in [1.165, 1.54) is 5.56 Å². The Labute approximate surface area is 80.6 Å². The van der Waals surface area contributed by atoms with Crippen LogP contribution in [0.5, 0.6) is 0 Å². The Hall–Kier alpha value is -1.30. The van der Waals surface area contributed by atoms with Crippen LogP contribution in [0.15, 0.2) is 55.1 Å². The van der Waals surface area contributed by atoms with Gasteiger partial charge >= 0.3 is 0 Å². The van der Waals surface area contributed by atoms with Crippen molar-refractivity contribution < 1.29 is 0 Å². The van der Waals surface area contributed by atoms with Gasteiger partial charge in [-0.2, -0.15) is 0 Å². The van der Waals surface area contributed by atoms with Gasteiger partial charge < -0.3 is 0 Å². The highest BCUT2D eigenvalue weighted by Crippen LogP contribution is 2.30. The highest BCUT2D eigenvalue weighted by Gasteiger charge is 2.21. The van der Waals surface area contributed by atoms with Crippen LogP contribution in [0.3, 0.4) is 0 Å². The summed E-state index contributed by atoms with van der Waals surface area (Å²) in [5.74, 6) is 0. The van der Waals surface area contributed by atoms with Gasteiger partial charge in [0.2, 0.25) is 0 Å². The molecule has 0 bridgehead atoms. The highest BCUT2D eigenvalue weighted by atomic mass is 14.2. The zero-order valence-electron chi connectivity index (χ0n) is 8.38. The number of rotatable bonds is 3. The molecule has 0 nitrogen and oxygen atoms in total. The molecular weight excluding hydrogens is 156 g/mol. The van der Waals surface area contributed by atoms with E-state index in [0.29, 0.717) is 0 Å². The van der Waals surface area contributed by atoms with Crippen LogP contribution < -0.4 is 0 Å². The molecular formula is C13H16. The van der Waals surface area contributed by atoms with E-state index >= 15 is 0 Å². The predicted molar refractivity (Wildman–Crippen MR) is 58.8 cm³/mol. The summed E-state index contributed by atoms with van der Waals surface area (Å²) >= 11 is 0. The molecule has 0 saturated heterocycles. The highest BCUT2D eigenvalue weighted by molar-refractivity contribution is 5.37. The summed E-state index contributed by atoms with van der Waals surface area (Å²) in [7, 11) is 0. The molecule has 0 unspecified atom stereocenters. The van der Waals surface area contributed by atoms with E-state index < -0.39 is 0 Å². The van der Waals surface area contributed by atoms with Crippen molar-refractivity contribution in [1.29, 1.82) is 0 Å². The average Bonchev–Trinajstić information content (AvgIpc) is 2.18. The molecule has 68 valence electrons. The fourth-order valence-corrected chi connectivity index (χ4v) is 1.30. The summed E-state index contributed by atoms with van der Waals surface area (Å²) in [6.45, 7) is 12.1. The number of hydrogen-bond acceptors (Lipinski definition) is 0. The van der Waals surface area contributed by atoms with Crippen LogP contribution >= 0.6 is 0 Å². The van der Waals surface area contributed by atoms with E-state index in [9.17, 15) is 0 Å². The molecule has 0 radical (unpaired) electrons. The van der Waals surface area contributed by atoms with Crippen LogP contribution in [0.25, 0.3) is 0 Å². The first-order chi connectivity index (χ1) is 6.09. The molecule has 1 rings (SSSR count). The largest absolute Gasteiger partial charge is 0.0988 e. The lowest BCUT2D eigenvalue weighted by molar-refractivity contribution is 0.642. The Morgan fingerprint density at radius 3 is 2.23 bits per heavy atom. The Kier molecular flexibility index (Phi) is 2.72. The molecule has 0 fully saturated rings. The van der Waals surface area contributed by atoms with Gasteiger partial charge in [0.05, 0.1) is 0 Å². The smallest absolute Gasteiger partial charge is 0.0140 e. The Balaban J connectivity index is 3.07. The normalized spacial score (nSPS) is 10.9. The second-order valence-electron chi connectivity index (χ2n) is 3.72. The maximum absolute atomic E-state index is 4.00. The van der Waals surface area contributed by atoms with Crippen LogP contribution in [0.1, 0.15) is 19.4 Å².